The molecule has 1 aromatic rings. The lowest BCUT2D eigenvalue weighted by Crippen LogP contribution is -2.35. The molecular formula is C11H17N5. The van der Waals surface area contributed by atoms with Gasteiger partial charge < -0.3 is 10.6 Å². The molecule has 0 aromatic carbocycles. The van der Waals surface area contributed by atoms with Crippen LogP contribution >= 0.6 is 0 Å². The van der Waals surface area contributed by atoms with E-state index in [1.54, 1.807) is 12.4 Å². The first-order valence-corrected chi connectivity index (χ1v) is 5.59. The van der Waals surface area contributed by atoms with Crippen LogP contribution in [0.5, 0.6) is 0 Å². The Morgan fingerprint density at radius 3 is 2.62 bits per heavy atom. The summed E-state index contributed by atoms with van der Waals surface area (Å²) >= 11 is 0. The molecule has 3 N–H and O–H groups in total. The molecule has 1 fully saturated rings. The van der Waals surface area contributed by atoms with Crippen molar-refractivity contribution in [2.24, 2.45) is 11.7 Å². The fourth-order valence-electron chi connectivity index (χ4n) is 1.97. The summed E-state index contributed by atoms with van der Waals surface area (Å²) in [6.07, 6.45) is 5.55. The van der Waals surface area contributed by atoms with Gasteiger partial charge in [-0.3, -0.25) is 5.41 Å². The standard InChI is InChI=1S/C11H17N5/c1-8-2-6-16(7-3-8)11-9(10(12)13)14-4-5-15-11/h4-5,8H,2-3,6-7H2,1H3,(H3,12,13). The van der Waals surface area contributed by atoms with Gasteiger partial charge in [-0.15, -0.1) is 0 Å². The van der Waals surface area contributed by atoms with Crippen molar-refractivity contribution >= 4 is 11.7 Å². The number of nitrogens with zero attached hydrogens (tertiary/aromatic N) is 3. The van der Waals surface area contributed by atoms with Crippen LogP contribution in [-0.2, 0) is 0 Å². The molecule has 0 spiro atoms. The first kappa shape index (κ1) is 10.9. The zero-order chi connectivity index (χ0) is 11.5. The van der Waals surface area contributed by atoms with Gasteiger partial charge in [0.15, 0.2) is 5.82 Å². The zero-order valence-electron chi connectivity index (χ0n) is 9.48. The molecule has 0 radical (unpaired) electrons. The highest BCUT2D eigenvalue weighted by Gasteiger charge is 2.20. The SMILES string of the molecule is CC1CCN(c2nccnc2C(=N)N)CC1. The minimum absolute atomic E-state index is 0.0123. The van der Waals surface area contributed by atoms with E-state index in [4.69, 9.17) is 11.1 Å². The molecule has 0 atom stereocenters. The van der Waals surface area contributed by atoms with E-state index < -0.39 is 0 Å². The van der Waals surface area contributed by atoms with Gasteiger partial charge in [0.25, 0.3) is 0 Å². The van der Waals surface area contributed by atoms with Gasteiger partial charge in [-0.25, -0.2) is 9.97 Å². The first-order chi connectivity index (χ1) is 7.68. The summed E-state index contributed by atoms with van der Waals surface area (Å²) < 4.78 is 0. The predicted octanol–water partition coefficient (Wildman–Crippen LogP) is 0.997. The van der Waals surface area contributed by atoms with E-state index in [9.17, 15) is 0 Å². The Morgan fingerprint density at radius 1 is 1.38 bits per heavy atom. The molecule has 1 saturated heterocycles. The molecule has 2 heterocycles. The number of amidine groups is 1. The maximum absolute atomic E-state index is 7.48. The quantitative estimate of drug-likeness (QED) is 0.574. The molecule has 16 heavy (non-hydrogen) atoms. The van der Waals surface area contributed by atoms with Crippen LogP contribution in [0.1, 0.15) is 25.5 Å². The molecule has 0 amide bonds. The van der Waals surface area contributed by atoms with Crippen LogP contribution in [0.2, 0.25) is 0 Å². The van der Waals surface area contributed by atoms with Gasteiger partial charge in [-0.2, -0.15) is 0 Å². The lowest BCUT2D eigenvalue weighted by atomic mass is 9.99. The summed E-state index contributed by atoms with van der Waals surface area (Å²) in [5.74, 6) is 1.51. The molecule has 2 rings (SSSR count). The third kappa shape index (κ3) is 2.13. The van der Waals surface area contributed by atoms with Crippen molar-refractivity contribution in [3.05, 3.63) is 18.1 Å². The van der Waals surface area contributed by atoms with E-state index in [2.05, 4.69) is 21.8 Å². The van der Waals surface area contributed by atoms with Crippen molar-refractivity contribution in [1.29, 1.82) is 5.41 Å². The fraction of sp³-hybridized carbons (Fsp3) is 0.545. The van der Waals surface area contributed by atoms with Crippen LogP contribution < -0.4 is 10.6 Å². The summed E-state index contributed by atoms with van der Waals surface area (Å²) in [5, 5.41) is 7.48. The highest BCUT2D eigenvalue weighted by Crippen LogP contribution is 2.22. The number of hydrogen-bond donors (Lipinski definition) is 2. The third-order valence-electron chi connectivity index (χ3n) is 3.02. The lowest BCUT2D eigenvalue weighted by molar-refractivity contribution is 0.436. The number of hydrogen-bond acceptors (Lipinski definition) is 4. The Morgan fingerprint density at radius 2 is 2.00 bits per heavy atom. The number of aromatic nitrogens is 2. The predicted molar refractivity (Wildman–Crippen MR) is 63.7 cm³/mol. The number of nitrogens with one attached hydrogen (secondary N) is 1. The van der Waals surface area contributed by atoms with E-state index in [0.29, 0.717) is 5.69 Å². The highest BCUT2D eigenvalue weighted by molar-refractivity contribution is 5.97. The lowest BCUT2D eigenvalue weighted by Gasteiger charge is -2.31. The van der Waals surface area contributed by atoms with Crippen LogP contribution in [0.3, 0.4) is 0 Å². The van der Waals surface area contributed by atoms with Crippen molar-refractivity contribution in [2.45, 2.75) is 19.8 Å². The van der Waals surface area contributed by atoms with Crippen molar-refractivity contribution in [2.75, 3.05) is 18.0 Å². The molecule has 0 unspecified atom stereocenters. The maximum atomic E-state index is 7.48. The van der Waals surface area contributed by atoms with E-state index >= 15 is 0 Å². The molecule has 5 nitrogen and oxygen atoms in total. The second-order valence-electron chi connectivity index (χ2n) is 4.31. The monoisotopic (exact) mass is 219 g/mol. The van der Waals surface area contributed by atoms with Crippen molar-refractivity contribution < 1.29 is 0 Å². The summed E-state index contributed by atoms with van der Waals surface area (Å²) in [6.45, 7) is 4.21. The molecular weight excluding hydrogens is 202 g/mol. The first-order valence-electron chi connectivity index (χ1n) is 5.59. The summed E-state index contributed by atoms with van der Waals surface area (Å²) in [6, 6.07) is 0. The van der Waals surface area contributed by atoms with E-state index in [1.807, 2.05) is 0 Å². The van der Waals surface area contributed by atoms with Gasteiger partial charge in [-0.05, 0) is 18.8 Å². The highest BCUT2D eigenvalue weighted by atomic mass is 15.2. The van der Waals surface area contributed by atoms with Crippen LogP contribution in [-0.4, -0.2) is 28.9 Å². The largest absolute Gasteiger partial charge is 0.382 e. The Kier molecular flexibility index (Phi) is 3.03. The van der Waals surface area contributed by atoms with E-state index in [0.717, 1.165) is 37.7 Å². The van der Waals surface area contributed by atoms with Crippen molar-refractivity contribution in [3.8, 4) is 0 Å². The minimum atomic E-state index is -0.0123. The molecule has 1 aliphatic rings. The van der Waals surface area contributed by atoms with Gasteiger partial charge in [0, 0.05) is 25.5 Å². The van der Waals surface area contributed by atoms with Crippen LogP contribution in [0.15, 0.2) is 12.4 Å². The summed E-state index contributed by atoms with van der Waals surface area (Å²) in [7, 11) is 0. The van der Waals surface area contributed by atoms with Gasteiger partial charge in [0.1, 0.15) is 11.5 Å². The second kappa shape index (κ2) is 4.47. The molecule has 1 aromatic heterocycles. The molecule has 1 aliphatic heterocycles. The number of piperidine rings is 1. The topological polar surface area (TPSA) is 78.9 Å². The Labute approximate surface area is 95.2 Å². The van der Waals surface area contributed by atoms with Crippen LogP contribution in [0, 0.1) is 11.3 Å². The second-order valence-corrected chi connectivity index (χ2v) is 4.31. The fourth-order valence-corrected chi connectivity index (χ4v) is 1.97. The number of nitrogens with two attached hydrogens (primary N) is 1. The minimum Gasteiger partial charge on any atom is -0.382 e. The van der Waals surface area contributed by atoms with Gasteiger partial charge in [-0.1, -0.05) is 6.92 Å². The zero-order valence-corrected chi connectivity index (χ0v) is 9.48. The van der Waals surface area contributed by atoms with Crippen LogP contribution in [0.4, 0.5) is 5.82 Å². The van der Waals surface area contributed by atoms with Crippen molar-refractivity contribution in [1.82, 2.24) is 9.97 Å². The van der Waals surface area contributed by atoms with Gasteiger partial charge in [0.05, 0.1) is 0 Å². The average molecular weight is 219 g/mol. The van der Waals surface area contributed by atoms with Crippen LogP contribution in [0.25, 0.3) is 0 Å². The third-order valence-corrected chi connectivity index (χ3v) is 3.02. The molecule has 0 aliphatic carbocycles. The van der Waals surface area contributed by atoms with Crippen molar-refractivity contribution in [3.63, 3.8) is 0 Å². The Balaban J connectivity index is 2.23. The summed E-state index contributed by atoms with van der Waals surface area (Å²) in [5.41, 5.74) is 6.00. The molecule has 5 heteroatoms. The Hall–Kier alpha value is -1.65. The molecule has 0 saturated carbocycles. The maximum Gasteiger partial charge on any atom is 0.158 e. The van der Waals surface area contributed by atoms with Gasteiger partial charge >= 0.3 is 0 Å². The smallest absolute Gasteiger partial charge is 0.158 e. The average Bonchev–Trinajstić information content (AvgIpc) is 2.30. The normalized spacial score (nSPS) is 17.4. The number of anilines is 1. The number of rotatable bonds is 2. The van der Waals surface area contributed by atoms with E-state index in [-0.39, 0.29) is 5.84 Å². The Bertz CT molecular complexity index is 382. The van der Waals surface area contributed by atoms with Gasteiger partial charge in [0.2, 0.25) is 0 Å². The number of nitrogen functional groups attached to an aromatic ring is 1. The molecule has 0 bridgehead atoms. The van der Waals surface area contributed by atoms with E-state index in [1.165, 1.54) is 0 Å². The molecule has 86 valence electrons. The summed E-state index contributed by atoms with van der Waals surface area (Å²) in [4.78, 5) is 10.6.